The van der Waals surface area contributed by atoms with Crippen LogP contribution in [0.3, 0.4) is 0 Å². The number of rotatable bonds is 7. The fourth-order valence-electron chi connectivity index (χ4n) is 1.85. The summed E-state index contributed by atoms with van der Waals surface area (Å²) in [7, 11) is 1.47. The van der Waals surface area contributed by atoms with Crippen LogP contribution in [-0.4, -0.2) is 23.8 Å². The predicted octanol–water partition coefficient (Wildman–Crippen LogP) is 3.93. The highest BCUT2D eigenvalue weighted by Gasteiger charge is 2.11. The number of ether oxygens (including phenoxy) is 1. The van der Waals surface area contributed by atoms with Crippen molar-refractivity contribution < 1.29 is 19.4 Å². The van der Waals surface area contributed by atoms with Gasteiger partial charge in [-0.1, -0.05) is 51.1 Å². The monoisotopic (exact) mass is 316 g/mol. The summed E-state index contributed by atoms with van der Waals surface area (Å²) in [6, 6.07) is 4.87. The molecule has 0 amide bonds. The topological polar surface area (TPSA) is 63.6 Å². The summed E-state index contributed by atoms with van der Waals surface area (Å²) in [6.07, 6.45) is 7.23. The van der Waals surface area contributed by atoms with Crippen molar-refractivity contribution in [1.82, 2.24) is 0 Å². The number of Topliss-reactive ketones (excluding diaryl/α,β-unsaturated/α-hetero) is 2. The quantitative estimate of drug-likeness (QED) is 0.611. The Bertz CT molecular complexity index is 619. The summed E-state index contributed by atoms with van der Waals surface area (Å²) in [4.78, 5) is 23.5. The molecule has 0 heterocycles. The van der Waals surface area contributed by atoms with Gasteiger partial charge in [-0.15, -0.1) is 0 Å². The van der Waals surface area contributed by atoms with Gasteiger partial charge in [0.25, 0.3) is 0 Å². The van der Waals surface area contributed by atoms with Crippen molar-refractivity contribution in [2.24, 2.45) is 5.41 Å². The molecule has 1 rings (SSSR count). The average molecular weight is 316 g/mol. The van der Waals surface area contributed by atoms with Gasteiger partial charge in [0.05, 0.1) is 7.11 Å². The first-order valence-electron chi connectivity index (χ1n) is 7.50. The van der Waals surface area contributed by atoms with Crippen LogP contribution in [0, 0.1) is 5.41 Å². The van der Waals surface area contributed by atoms with Crippen LogP contribution in [0.4, 0.5) is 0 Å². The molecule has 23 heavy (non-hydrogen) atoms. The molecule has 0 radical (unpaired) electrons. The average Bonchev–Trinajstić information content (AvgIpc) is 2.47. The smallest absolute Gasteiger partial charge is 0.202 e. The van der Waals surface area contributed by atoms with Crippen LogP contribution in [-0.2, 0) is 9.59 Å². The standard InChI is InChI=1S/C19H24O4/c1-19(2,3)12-6-9-16(21)15(20)8-5-7-14-10-11-17(22)18(13-14)23-4/h5-7,10-13,22H,8-9H2,1-4H3/b7-5-,12-6-. The minimum Gasteiger partial charge on any atom is -0.504 e. The molecule has 0 fully saturated rings. The van der Waals surface area contributed by atoms with Crippen LogP contribution in [0.25, 0.3) is 6.08 Å². The van der Waals surface area contributed by atoms with E-state index in [0.717, 1.165) is 5.56 Å². The molecule has 0 bridgehead atoms. The Hall–Kier alpha value is -2.36. The Kier molecular flexibility index (Phi) is 6.76. The van der Waals surface area contributed by atoms with Crippen LogP contribution in [0.5, 0.6) is 11.5 Å². The van der Waals surface area contributed by atoms with Crippen molar-refractivity contribution >= 4 is 17.6 Å². The van der Waals surface area contributed by atoms with Gasteiger partial charge in [-0.25, -0.2) is 0 Å². The lowest BCUT2D eigenvalue weighted by molar-refractivity contribution is -0.135. The van der Waals surface area contributed by atoms with Crippen molar-refractivity contribution in [2.75, 3.05) is 7.11 Å². The van der Waals surface area contributed by atoms with Gasteiger partial charge < -0.3 is 9.84 Å². The molecule has 4 heteroatoms. The summed E-state index contributed by atoms with van der Waals surface area (Å²) < 4.78 is 5.01. The molecule has 0 atom stereocenters. The van der Waals surface area contributed by atoms with E-state index < -0.39 is 11.6 Å². The number of aromatic hydroxyl groups is 1. The van der Waals surface area contributed by atoms with Crippen molar-refractivity contribution in [3.63, 3.8) is 0 Å². The molecule has 0 aliphatic carbocycles. The maximum Gasteiger partial charge on any atom is 0.202 e. The number of hydrogen-bond donors (Lipinski definition) is 1. The molecule has 4 nitrogen and oxygen atoms in total. The summed E-state index contributed by atoms with van der Waals surface area (Å²) in [5.74, 6) is -0.382. The Balaban J connectivity index is 2.55. The predicted molar refractivity (Wildman–Crippen MR) is 91.5 cm³/mol. The highest BCUT2D eigenvalue weighted by atomic mass is 16.5. The second kappa shape index (κ2) is 8.32. The number of methoxy groups -OCH3 is 1. The minimum absolute atomic E-state index is 0.00115. The molecule has 0 spiro atoms. The first-order valence-corrected chi connectivity index (χ1v) is 7.50. The summed E-state index contributed by atoms with van der Waals surface area (Å²) in [6.45, 7) is 6.10. The molecule has 0 aliphatic heterocycles. The van der Waals surface area contributed by atoms with Crippen LogP contribution in [0.15, 0.2) is 36.4 Å². The first kappa shape index (κ1) is 18.7. The van der Waals surface area contributed by atoms with Gasteiger partial charge in [-0.05, 0) is 23.1 Å². The number of carbonyl (C=O) groups is 2. The molecule has 1 aromatic rings. The van der Waals surface area contributed by atoms with Gasteiger partial charge in [-0.2, -0.15) is 0 Å². The molecule has 0 saturated carbocycles. The third kappa shape index (κ3) is 6.96. The van der Waals surface area contributed by atoms with E-state index in [4.69, 9.17) is 4.74 Å². The van der Waals surface area contributed by atoms with Crippen molar-refractivity contribution in [1.29, 1.82) is 0 Å². The third-order valence-corrected chi connectivity index (χ3v) is 3.05. The highest BCUT2D eigenvalue weighted by Crippen LogP contribution is 2.26. The Morgan fingerprint density at radius 3 is 2.30 bits per heavy atom. The van der Waals surface area contributed by atoms with Crippen molar-refractivity contribution in [2.45, 2.75) is 33.6 Å². The molecule has 1 aromatic carbocycles. The van der Waals surface area contributed by atoms with E-state index in [0.29, 0.717) is 5.75 Å². The largest absolute Gasteiger partial charge is 0.504 e. The Labute approximate surface area is 137 Å². The van der Waals surface area contributed by atoms with Crippen molar-refractivity contribution in [3.05, 3.63) is 42.0 Å². The minimum atomic E-state index is -0.412. The third-order valence-electron chi connectivity index (χ3n) is 3.05. The van der Waals surface area contributed by atoms with E-state index in [2.05, 4.69) is 0 Å². The second-order valence-corrected chi connectivity index (χ2v) is 6.36. The Morgan fingerprint density at radius 1 is 1.13 bits per heavy atom. The van der Waals surface area contributed by atoms with Crippen molar-refractivity contribution in [3.8, 4) is 11.5 Å². The molecule has 0 aromatic heterocycles. The lowest BCUT2D eigenvalue weighted by atomic mass is 9.95. The second-order valence-electron chi connectivity index (χ2n) is 6.36. The van der Waals surface area contributed by atoms with Gasteiger partial charge in [-0.3, -0.25) is 9.59 Å². The maximum atomic E-state index is 11.8. The number of phenols is 1. The van der Waals surface area contributed by atoms with Gasteiger partial charge in [0.15, 0.2) is 11.5 Å². The Morgan fingerprint density at radius 2 is 1.74 bits per heavy atom. The van der Waals surface area contributed by atoms with Crippen LogP contribution in [0.1, 0.15) is 39.2 Å². The zero-order valence-corrected chi connectivity index (χ0v) is 14.1. The van der Waals surface area contributed by atoms with Gasteiger partial charge in [0.2, 0.25) is 11.6 Å². The number of hydrogen-bond acceptors (Lipinski definition) is 4. The summed E-state index contributed by atoms with van der Waals surface area (Å²) in [5.41, 5.74) is 0.786. The van der Waals surface area contributed by atoms with E-state index >= 15 is 0 Å². The molecule has 0 aliphatic rings. The summed E-state index contributed by atoms with van der Waals surface area (Å²) in [5, 5.41) is 9.51. The fraction of sp³-hybridized carbons (Fsp3) is 0.368. The molecule has 0 unspecified atom stereocenters. The molecule has 124 valence electrons. The zero-order chi connectivity index (χ0) is 17.5. The first-order chi connectivity index (χ1) is 10.7. The van der Waals surface area contributed by atoms with Crippen LogP contribution in [0.2, 0.25) is 0 Å². The zero-order valence-electron chi connectivity index (χ0n) is 14.1. The molecular weight excluding hydrogens is 292 g/mol. The van der Waals surface area contributed by atoms with E-state index in [9.17, 15) is 14.7 Å². The number of phenolic OH excluding ortho intramolecular Hbond substituents is 1. The van der Waals surface area contributed by atoms with Gasteiger partial charge >= 0.3 is 0 Å². The number of benzene rings is 1. The van der Waals surface area contributed by atoms with E-state index in [1.54, 1.807) is 30.4 Å². The lowest BCUT2D eigenvalue weighted by Gasteiger charge is -2.10. The number of carbonyl (C=O) groups excluding carboxylic acids is 2. The van der Waals surface area contributed by atoms with Gasteiger partial charge in [0.1, 0.15) is 0 Å². The van der Waals surface area contributed by atoms with E-state index in [1.807, 2.05) is 26.8 Å². The summed E-state index contributed by atoms with van der Waals surface area (Å²) >= 11 is 0. The molecule has 1 N–H and O–H groups in total. The highest BCUT2D eigenvalue weighted by molar-refractivity contribution is 6.37. The van der Waals surface area contributed by atoms with Gasteiger partial charge in [0, 0.05) is 12.8 Å². The normalized spacial score (nSPS) is 12.0. The lowest BCUT2D eigenvalue weighted by Crippen LogP contribution is -2.11. The fourth-order valence-corrected chi connectivity index (χ4v) is 1.85. The van der Waals surface area contributed by atoms with E-state index in [-0.39, 0.29) is 24.0 Å². The number of allylic oxidation sites excluding steroid dienone is 3. The van der Waals surface area contributed by atoms with Crippen LogP contribution >= 0.6 is 0 Å². The SMILES string of the molecule is COc1cc(/C=C\CC(=O)C(=O)C/C=C\C(C)(C)C)ccc1O. The maximum absolute atomic E-state index is 11.8. The molecular formula is C19H24O4. The van der Waals surface area contributed by atoms with E-state index in [1.165, 1.54) is 13.2 Å². The molecule has 0 saturated heterocycles. The number of ketones is 2. The van der Waals surface area contributed by atoms with Crippen LogP contribution < -0.4 is 4.74 Å².